The summed E-state index contributed by atoms with van der Waals surface area (Å²) >= 11 is 1.72. The van der Waals surface area contributed by atoms with Gasteiger partial charge in [0, 0.05) is 51.8 Å². The van der Waals surface area contributed by atoms with E-state index in [0.29, 0.717) is 18.7 Å². The smallest absolute Gasteiger partial charge is 0.252 e. The van der Waals surface area contributed by atoms with Gasteiger partial charge in [-0.3, -0.25) is 9.69 Å². The van der Waals surface area contributed by atoms with E-state index in [0.717, 1.165) is 50.0 Å². The number of carbonyl (C=O) groups excluding carboxylic acids is 1. The molecule has 7 heteroatoms. The number of hydrogen-bond acceptors (Lipinski definition) is 6. The summed E-state index contributed by atoms with van der Waals surface area (Å²) in [4.78, 5) is 18.7. The first-order chi connectivity index (χ1) is 11.3. The van der Waals surface area contributed by atoms with Gasteiger partial charge in [-0.2, -0.15) is 0 Å². The Bertz CT molecular complexity index is 464. The fourth-order valence-corrected chi connectivity index (χ4v) is 3.07. The van der Waals surface area contributed by atoms with Crippen molar-refractivity contribution in [3.63, 3.8) is 0 Å². The van der Waals surface area contributed by atoms with Crippen molar-refractivity contribution in [1.29, 1.82) is 0 Å². The highest BCUT2D eigenvalue weighted by molar-refractivity contribution is 7.99. The van der Waals surface area contributed by atoms with E-state index in [-0.39, 0.29) is 5.91 Å². The van der Waals surface area contributed by atoms with Crippen LogP contribution in [0, 0.1) is 0 Å². The average molecular weight is 339 g/mol. The van der Waals surface area contributed by atoms with Crippen LogP contribution in [0.4, 0.5) is 0 Å². The number of thioether (sulfide) groups is 1. The van der Waals surface area contributed by atoms with Crippen LogP contribution in [-0.2, 0) is 9.47 Å². The van der Waals surface area contributed by atoms with E-state index >= 15 is 0 Å². The van der Waals surface area contributed by atoms with Gasteiger partial charge >= 0.3 is 0 Å². The first-order valence-corrected chi connectivity index (χ1v) is 8.94. The molecule has 1 aliphatic rings. The second-order valence-corrected chi connectivity index (χ2v) is 6.41. The first kappa shape index (κ1) is 18.2. The number of methoxy groups -OCH3 is 1. The van der Waals surface area contributed by atoms with Crippen molar-refractivity contribution in [3.05, 3.63) is 23.9 Å². The predicted molar refractivity (Wildman–Crippen MR) is 91.0 cm³/mol. The lowest BCUT2D eigenvalue weighted by atomic mass is 10.2. The summed E-state index contributed by atoms with van der Waals surface area (Å²) in [7, 11) is 1.65. The van der Waals surface area contributed by atoms with E-state index in [1.807, 2.05) is 12.1 Å². The maximum Gasteiger partial charge on any atom is 0.252 e. The van der Waals surface area contributed by atoms with Crippen LogP contribution in [0.2, 0.25) is 0 Å². The fourth-order valence-electron chi connectivity index (χ4n) is 2.22. The third-order valence-electron chi connectivity index (χ3n) is 3.57. The molecule has 0 radical (unpaired) electrons. The number of nitrogens with one attached hydrogen (secondary N) is 1. The predicted octanol–water partition coefficient (Wildman–Crippen LogP) is 1.27. The largest absolute Gasteiger partial charge is 0.385 e. The molecule has 1 saturated heterocycles. The van der Waals surface area contributed by atoms with Gasteiger partial charge in [0.1, 0.15) is 0 Å². The summed E-state index contributed by atoms with van der Waals surface area (Å²) in [6.45, 7) is 5.98. The van der Waals surface area contributed by atoms with Gasteiger partial charge in [-0.15, -0.1) is 11.8 Å². The van der Waals surface area contributed by atoms with Gasteiger partial charge in [0.05, 0.1) is 23.8 Å². The molecule has 0 bridgehead atoms. The zero-order valence-corrected chi connectivity index (χ0v) is 14.4. The van der Waals surface area contributed by atoms with Crippen LogP contribution in [0.15, 0.2) is 23.4 Å². The van der Waals surface area contributed by atoms with E-state index in [9.17, 15) is 4.79 Å². The Hall–Kier alpha value is -1.15. The molecule has 1 aliphatic heterocycles. The normalized spacial score (nSPS) is 15.5. The van der Waals surface area contributed by atoms with Gasteiger partial charge in [0.15, 0.2) is 0 Å². The van der Waals surface area contributed by atoms with Gasteiger partial charge in [-0.05, 0) is 18.6 Å². The van der Waals surface area contributed by atoms with Crippen molar-refractivity contribution in [2.24, 2.45) is 0 Å². The monoisotopic (exact) mass is 339 g/mol. The molecule has 1 amide bonds. The molecule has 2 rings (SSSR count). The number of aromatic nitrogens is 1. The standard InChI is InChI=1S/C16H25N3O3S/c1-21-9-2-5-17-16(20)14-3-4-15(18-13-14)23-12-8-19-6-10-22-11-7-19/h3-4,13H,2,5-12H2,1H3,(H,17,20). The summed E-state index contributed by atoms with van der Waals surface area (Å²) in [6, 6.07) is 3.74. The second kappa shape index (κ2) is 10.6. The molecule has 6 nitrogen and oxygen atoms in total. The molecule has 1 aromatic heterocycles. The lowest BCUT2D eigenvalue weighted by Gasteiger charge is -2.26. The van der Waals surface area contributed by atoms with E-state index in [1.165, 1.54) is 0 Å². The maximum atomic E-state index is 11.9. The average Bonchev–Trinajstić information content (AvgIpc) is 2.60. The summed E-state index contributed by atoms with van der Waals surface area (Å²) in [6.07, 6.45) is 2.45. The van der Waals surface area contributed by atoms with Crippen molar-refractivity contribution < 1.29 is 14.3 Å². The third-order valence-corrected chi connectivity index (χ3v) is 4.49. The quantitative estimate of drug-likeness (QED) is 0.540. The Kier molecular flexibility index (Phi) is 8.38. The minimum absolute atomic E-state index is 0.0848. The molecule has 1 N–H and O–H groups in total. The molecule has 2 heterocycles. The van der Waals surface area contributed by atoms with Crippen LogP contribution >= 0.6 is 11.8 Å². The van der Waals surface area contributed by atoms with Crippen LogP contribution in [0.25, 0.3) is 0 Å². The Labute approximate surface area is 141 Å². The molecule has 0 aromatic carbocycles. The Morgan fingerprint density at radius 3 is 2.96 bits per heavy atom. The minimum atomic E-state index is -0.0848. The molecular weight excluding hydrogens is 314 g/mol. The van der Waals surface area contributed by atoms with Crippen LogP contribution in [0.5, 0.6) is 0 Å². The van der Waals surface area contributed by atoms with E-state index in [1.54, 1.807) is 25.1 Å². The maximum absolute atomic E-state index is 11.9. The topological polar surface area (TPSA) is 63.7 Å². The molecule has 128 valence electrons. The number of amides is 1. The van der Waals surface area contributed by atoms with Crippen LogP contribution in [-0.4, -0.2) is 74.7 Å². The van der Waals surface area contributed by atoms with Gasteiger partial charge in [0.2, 0.25) is 0 Å². The van der Waals surface area contributed by atoms with Crippen LogP contribution < -0.4 is 5.32 Å². The van der Waals surface area contributed by atoms with Crippen LogP contribution in [0.3, 0.4) is 0 Å². The molecule has 0 atom stereocenters. The Morgan fingerprint density at radius 2 is 2.26 bits per heavy atom. The van der Waals surface area contributed by atoms with Gasteiger partial charge in [-0.1, -0.05) is 0 Å². The molecule has 1 aromatic rings. The summed E-state index contributed by atoms with van der Waals surface area (Å²) in [5, 5.41) is 3.81. The van der Waals surface area contributed by atoms with Gasteiger partial charge < -0.3 is 14.8 Å². The molecule has 1 fully saturated rings. The Balaban J connectivity index is 1.67. The molecule has 0 aliphatic carbocycles. The van der Waals surface area contributed by atoms with Crippen molar-refractivity contribution >= 4 is 17.7 Å². The SMILES string of the molecule is COCCCNC(=O)c1ccc(SCCN2CCOCC2)nc1. The molecular formula is C16H25N3O3S. The van der Waals surface area contributed by atoms with Crippen LogP contribution in [0.1, 0.15) is 16.8 Å². The molecule has 0 saturated carbocycles. The number of nitrogens with zero attached hydrogens (tertiary/aromatic N) is 2. The fraction of sp³-hybridized carbons (Fsp3) is 0.625. The summed E-state index contributed by atoms with van der Waals surface area (Å²) < 4.78 is 10.3. The van der Waals surface area contributed by atoms with Crippen molar-refractivity contribution in [3.8, 4) is 0 Å². The highest BCUT2D eigenvalue weighted by atomic mass is 32.2. The first-order valence-electron chi connectivity index (χ1n) is 7.95. The highest BCUT2D eigenvalue weighted by Gasteiger charge is 2.10. The summed E-state index contributed by atoms with van der Waals surface area (Å²) in [5.41, 5.74) is 0.597. The number of pyridine rings is 1. The summed E-state index contributed by atoms with van der Waals surface area (Å²) in [5.74, 6) is 0.911. The number of morpholine rings is 1. The third kappa shape index (κ3) is 6.87. The number of ether oxygens (including phenoxy) is 2. The number of rotatable bonds is 9. The molecule has 0 spiro atoms. The molecule has 23 heavy (non-hydrogen) atoms. The van der Waals surface area contributed by atoms with E-state index in [2.05, 4.69) is 15.2 Å². The zero-order chi connectivity index (χ0) is 16.3. The van der Waals surface area contributed by atoms with Crippen molar-refractivity contribution in [2.45, 2.75) is 11.4 Å². The van der Waals surface area contributed by atoms with Crippen molar-refractivity contribution in [2.75, 3.05) is 58.9 Å². The lowest BCUT2D eigenvalue weighted by molar-refractivity contribution is 0.0410. The zero-order valence-electron chi connectivity index (χ0n) is 13.6. The number of hydrogen-bond donors (Lipinski definition) is 1. The second-order valence-electron chi connectivity index (χ2n) is 5.29. The van der Waals surface area contributed by atoms with Gasteiger partial charge in [0.25, 0.3) is 5.91 Å². The van der Waals surface area contributed by atoms with Gasteiger partial charge in [-0.25, -0.2) is 4.98 Å². The molecule has 0 unspecified atom stereocenters. The Morgan fingerprint density at radius 1 is 1.43 bits per heavy atom. The highest BCUT2D eigenvalue weighted by Crippen LogP contribution is 2.15. The lowest BCUT2D eigenvalue weighted by Crippen LogP contribution is -2.37. The van der Waals surface area contributed by atoms with Crippen molar-refractivity contribution in [1.82, 2.24) is 15.2 Å². The van der Waals surface area contributed by atoms with E-state index in [4.69, 9.17) is 9.47 Å². The minimum Gasteiger partial charge on any atom is -0.385 e. The van der Waals surface area contributed by atoms with E-state index < -0.39 is 0 Å². The number of carbonyl (C=O) groups is 1.